The molecule has 3 heteroatoms. The lowest BCUT2D eigenvalue weighted by molar-refractivity contribution is 0.0916. The number of rotatable bonds is 2. The van der Waals surface area contributed by atoms with Gasteiger partial charge in [-0.25, -0.2) is 0 Å². The maximum atomic E-state index is 11.9. The molecule has 1 aromatic rings. The molecule has 2 rings (SSSR count). The normalized spacial score (nSPS) is 14.2. The maximum absolute atomic E-state index is 11.9. The number of ether oxygens (including phenoxy) is 1. The molecule has 0 saturated carbocycles. The van der Waals surface area contributed by atoms with Gasteiger partial charge in [-0.1, -0.05) is 30.9 Å². The lowest BCUT2D eigenvalue weighted by atomic mass is 9.90. The molecule has 0 unspecified atom stereocenters. The van der Waals surface area contributed by atoms with Crippen LogP contribution in [-0.4, -0.2) is 18.7 Å². The van der Waals surface area contributed by atoms with Gasteiger partial charge in [0, 0.05) is 17.2 Å². The van der Waals surface area contributed by atoms with E-state index in [0.717, 1.165) is 0 Å². The van der Waals surface area contributed by atoms with Crippen LogP contribution in [0.2, 0.25) is 0 Å². The Morgan fingerprint density at radius 3 is 2.69 bits per heavy atom. The maximum Gasteiger partial charge on any atom is 0.228 e. The minimum Gasteiger partial charge on any atom is -0.492 e. The molecule has 1 aliphatic rings. The predicted molar refractivity (Wildman–Crippen MR) is 60.3 cm³/mol. The zero-order valence-corrected chi connectivity index (χ0v) is 8.82. The van der Waals surface area contributed by atoms with E-state index in [2.05, 4.69) is 6.58 Å². The molecule has 80 valence electrons. The number of hydrogen-bond donors (Lipinski definition) is 0. The second kappa shape index (κ2) is 3.77. The molecule has 0 N–H and O–H groups in total. The largest absolute Gasteiger partial charge is 0.492 e. The molecule has 0 amide bonds. The summed E-state index contributed by atoms with van der Waals surface area (Å²) in [6, 6.07) is 5.09. The van der Waals surface area contributed by atoms with Gasteiger partial charge in [0.15, 0.2) is 11.5 Å². The molecule has 3 nitrogen and oxygen atoms in total. The van der Waals surface area contributed by atoms with Crippen LogP contribution < -0.4 is 0 Å². The highest BCUT2D eigenvalue weighted by Crippen LogP contribution is 2.25. The highest BCUT2D eigenvalue weighted by atomic mass is 16.5. The Balaban J connectivity index is 2.69. The molecule has 0 atom stereocenters. The van der Waals surface area contributed by atoms with Gasteiger partial charge in [0.2, 0.25) is 5.78 Å². The van der Waals surface area contributed by atoms with Crippen LogP contribution in [0.1, 0.15) is 26.3 Å². The summed E-state index contributed by atoms with van der Waals surface area (Å²) in [5.74, 6) is -0.401. The first-order valence-corrected chi connectivity index (χ1v) is 4.79. The topological polar surface area (TPSA) is 43.4 Å². The third-order valence-electron chi connectivity index (χ3n) is 2.51. The van der Waals surface area contributed by atoms with Crippen molar-refractivity contribution in [1.82, 2.24) is 0 Å². The van der Waals surface area contributed by atoms with Crippen LogP contribution in [0, 0.1) is 0 Å². The summed E-state index contributed by atoms with van der Waals surface area (Å²) in [7, 11) is 1.37. The Kier molecular flexibility index (Phi) is 2.44. The van der Waals surface area contributed by atoms with Crippen molar-refractivity contribution in [2.24, 2.45) is 0 Å². The number of benzene rings is 1. The summed E-state index contributed by atoms with van der Waals surface area (Å²) < 4.78 is 4.87. The van der Waals surface area contributed by atoms with E-state index in [0.29, 0.717) is 16.7 Å². The van der Waals surface area contributed by atoms with Crippen molar-refractivity contribution in [2.45, 2.75) is 0 Å². The van der Waals surface area contributed by atoms with Crippen LogP contribution >= 0.6 is 0 Å². The fourth-order valence-corrected chi connectivity index (χ4v) is 1.75. The van der Waals surface area contributed by atoms with E-state index in [-0.39, 0.29) is 17.3 Å². The molecule has 0 bridgehead atoms. The van der Waals surface area contributed by atoms with Crippen molar-refractivity contribution in [3.05, 3.63) is 53.3 Å². The monoisotopic (exact) mass is 214 g/mol. The van der Waals surface area contributed by atoms with Crippen LogP contribution in [0.4, 0.5) is 0 Å². The lowest BCUT2D eigenvalue weighted by Crippen LogP contribution is -2.18. The van der Waals surface area contributed by atoms with Crippen LogP contribution in [0.15, 0.2) is 36.6 Å². The number of carbonyl (C=O) groups excluding carboxylic acids is 2. The molecular weight excluding hydrogens is 204 g/mol. The van der Waals surface area contributed by atoms with Gasteiger partial charge in [0.25, 0.3) is 0 Å². The number of fused-ring (bicyclic) bond motifs is 1. The smallest absolute Gasteiger partial charge is 0.228 e. The Morgan fingerprint density at radius 1 is 1.31 bits per heavy atom. The summed E-state index contributed by atoms with van der Waals surface area (Å²) in [4.78, 5) is 23.7. The van der Waals surface area contributed by atoms with Gasteiger partial charge in [-0.05, 0) is 5.56 Å². The van der Waals surface area contributed by atoms with Gasteiger partial charge in [0.1, 0.15) is 0 Å². The van der Waals surface area contributed by atoms with Crippen molar-refractivity contribution in [3.63, 3.8) is 0 Å². The molecule has 1 aliphatic carbocycles. The molecule has 0 heterocycles. The fraction of sp³-hybridized carbons (Fsp3) is 0.0769. The van der Waals surface area contributed by atoms with E-state index in [1.165, 1.54) is 13.2 Å². The molecule has 0 radical (unpaired) electrons. The van der Waals surface area contributed by atoms with Gasteiger partial charge in [0.05, 0.1) is 7.11 Å². The van der Waals surface area contributed by atoms with E-state index < -0.39 is 0 Å². The number of methoxy groups -OCH3 is 1. The molecule has 16 heavy (non-hydrogen) atoms. The molecular formula is C13H10O3. The fourth-order valence-electron chi connectivity index (χ4n) is 1.75. The molecule has 0 aliphatic heterocycles. The second-order valence-corrected chi connectivity index (χ2v) is 3.38. The third-order valence-corrected chi connectivity index (χ3v) is 2.51. The van der Waals surface area contributed by atoms with Gasteiger partial charge in [-0.15, -0.1) is 0 Å². The van der Waals surface area contributed by atoms with Gasteiger partial charge >= 0.3 is 0 Å². The van der Waals surface area contributed by atoms with Gasteiger partial charge in [-0.2, -0.15) is 0 Å². The van der Waals surface area contributed by atoms with Crippen LogP contribution in [0.5, 0.6) is 0 Å². The summed E-state index contributed by atoms with van der Waals surface area (Å²) in [5.41, 5.74) is 1.45. The average molecular weight is 214 g/mol. The zero-order chi connectivity index (χ0) is 11.7. The van der Waals surface area contributed by atoms with Crippen molar-refractivity contribution in [3.8, 4) is 0 Å². The first-order chi connectivity index (χ1) is 7.69. The first-order valence-electron chi connectivity index (χ1n) is 4.79. The summed E-state index contributed by atoms with van der Waals surface area (Å²) in [5, 5.41) is 0. The van der Waals surface area contributed by atoms with E-state index in [4.69, 9.17) is 4.74 Å². The number of ketones is 2. The Bertz CT molecular complexity index is 524. The summed E-state index contributed by atoms with van der Waals surface area (Å²) >= 11 is 0. The Morgan fingerprint density at radius 2 is 2.06 bits per heavy atom. The number of allylic oxidation sites excluding steroid dienone is 2. The SMILES string of the molecule is C=Cc1cccc2c1C(=O)C=C(OC)C2=O. The number of Topliss-reactive ketones (excluding diaryl/α,β-unsaturated/α-hetero) is 1. The van der Waals surface area contributed by atoms with Gasteiger partial charge in [-0.3, -0.25) is 9.59 Å². The van der Waals surface area contributed by atoms with Crippen LogP contribution in [-0.2, 0) is 4.74 Å². The van der Waals surface area contributed by atoms with E-state index in [9.17, 15) is 9.59 Å². The van der Waals surface area contributed by atoms with Crippen molar-refractivity contribution >= 4 is 17.6 Å². The molecule has 0 saturated heterocycles. The second-order valence-electron chi connectivity index (χ2n) is 3.38. The van der Waals surface area contributed by atoms with Crippen molar-refractivity contribution < 1.29 is 14.3 Å². The minimum atomic E-state index is -0.263. The highest BCUT2D eigenvalue weighted by molar-refractivity contribution is 6.24. The van der Waals surface area contributed by atoms with Crippen molar-refractivity contribution in [2.75, 3.05) is 7.11 Å². The molecule has 0 spiro atoms. The predicted octanol–water partition coefficient (Wildman–Crippen LogP) is 2.24. The highest BCUT2D eigenvalue weighted by Gasteiger charge is 2.27. The third kappa shape index (κ3) is 1.37. The van der Waals surface area contributed by atoms with Crippen molar-refractivity contribution in [1.29, 1.82) is 0 Å². The zero-order valence-electron chi connectivity index (χ0n) is 8.82. The van der Waals surface area contributed by atoms with E-state index >= 15 is 0 Å². The number of hydrogen-bond acceptors (Lipinski definition) is 3. The van der Waals surface area contributed by atoms with Crippen LogP contribution in [0.25, 0.3) is 6.08 Å². The average Bonchev–Trinajstić information content (AvgIpc) is 2.32. The molecule has 1 aromatic carbocycles. The summed E-state index contributed by atoms with van der Waals surface area (Å²) in [6.45, 7) is 3.62. The number of carbonyl (C=O) groups is 2. The first kappa shape index (κ1) is 10.4. The minimum absolute atomic E-state index is 0.0821. The Labute approximate surface area is 93.0 Å². The standard InChI is InChI=1S/C13H10O3/c1-3-8-5-4-6-9-12(8)10(14)7-11(16-2)13(9)15/h3-7H,1H2,2H3. The van der Waals surface area contributed by atoms with Gasteiger partial charge < -0.3 is 4.74 Å². The molecule has 0 aromatic heterocycles. The quantitative estimate of drug-likeness (QED) is 0.758. The van der Waals surface area contributed by atoms with E-state index in [1.807, 2.05) is 0 Å². The van der Waals surface area contributed by atoms with E-state index in [1.54, 1.807) is 24.3 Å². The lowest BCUT2D eigenvalue weighted by Gasteiger charge is -2.15. The molecule has 0 fully saturated rings. The van der Waals surface area contributed by atoms with Crippen LogP contribution in [0.3, 0.4) is 0 Å². The Hall–Kier alpha value is -2.16. The summed E-state index contributed by atoms with van der Waals surface area (Å²) in [6.07, 6.45) is 2.79.